The second kappa shape index (κ2) is 6.63. The van der Waals surface area contributed by atoms with E-state index in [1.807, 2.05) is 13.0 Å². The van der Waals surface area contributed by atoms with Crippen LogP contribution < -0.4 is 10.6 Å². The van der Waals surface area contributed by atoms with E-state index in [0.29, 0.717) is 11.3 Å². The smallest absolute Gasteiger partial charge is 0.313 e. The summed E-state index contributed by atoms with van der Waals surface area (Å²) in [5, 5.41) is 14.6. The zero-order valence-corrected chi connectivity index (χ0v) is 12.0. The summed E-state index contributed by atoms with van der Waals surface area (Å²) in [6.45, 7) is 2.13. The lowest BCUT2D eigenvalue weighted by molar-refractivity contribution is -0.136. The molecule has 2 amide bonds. The van der Waals surface area contributed by atoms with Gasteiger partial charge in [-0.1, -0.05) is 6.07 Å². The Kier molecular flexibility index (Phi) is 4.64. The monoisotopic (exact) mass is 300 g/mol. The molecule has 0 saturated carbocycles. The van der Waals surface area contributed by atoms with Gasteiger partial charge in [-0.2, -0.15) is 5.26 Å². The topological polar surface area (TPSA) is 94.9 Å². The Morgan fingerprint density at radius 3 is 2.86 bits per heavy atom. The number of hydrogen-bond donors (Lipinski definition) is 2. The zero-order valence-electron chi connectivity index (χ0n) is 11.2. The summed E-state index contributed by atoms with van der Waals surface area (Å²) in [5.74, 6) is -1.50. The van der Waals surface area contributed by atoms with Crippen molar-refractivity contribution in [1.29, 1.82) is 5.26 Å². The van der Waals surface area contributed by atoms with Gasteiger partial charge in [0.1, 0.15) is 0 Å². The molecule has 0 unspecified atom stereocenters. The molecule has 0 aliphatic carbocycles. The highest BCUT2D eigenvalue weighted by Gasteiger charge is 2.14. The fourth-order valence-electron chi connectivity index (χ4n) is 1.59. The lowest BCUT2D eigenvalue weighted by Gasteiger charge is -2.05. The number of rotatable bonds is 3. The third-order valence-corrected chi connectivity index (χ3v) is 3.46. The van der Waals surface area contributed by atoms with Crippen LogP contribution in [0.4, 0.5) is 5.69 Å². The molecule has 0 fully saturated rings. The van der Waals surface area contributed by atoms with Gasteiger partial charge in [0.15, 0.2) is 0 Å². The molecule has 0 aliphatic heterocycles. The van der Waals surface area contributed by atoms with E-state index in [2.05, 4.69) is 15.6 Å². The molecule has 7 heteroatoms. The summed E-state index contributed by atoms with van der Waals surface area (Å²) in [6, 6.07) is 8.31. The minimum Gasteiger partial charge on any atom is -0.343 e. The Hall–Kier alpha value is -2.72. The van der Waals surface area contributed by atoms with Gasteiger partial charge < -0.3 is 10.6 Å². The number of nitrogens with one attached hydrogen (secondary N) is 2. The van der Waals surface area contributed by atoms with Crippen molar-refractivity contribution >= 4 is 28.8 Å². The van der Waals surface area contributed by atoms with Gasteiger partial charge in [-0.05, 0) is 25.1 Å². The Bertz CT molecular complexity index is 718. The molecule has 0 radical (unpaired) electrons. The van der Waals surface area contributed by atoms with Gasteiger partial charge in [-0.25, -0.2) is 4.98 Å². The first-order valence-corrected chi connectivity index (χ1v) is 6.91. The Morgan fingerprint density at radius 2 is 2.19 bits per heavy atom. The van der Waals surface area contributed by atoms with E-state index in [1.54, 1.807) is 24.4 Å². The van der Waals surface area contributed by atoms with Crippen molar-refractivity contribution in [1.82, 2.24) is 10.3 Å². The number of anilines is 1. The molecular weight excluding hydrogens is 288 g/mol. The number of nitrogens with zero attached hydrogens (tertiary/aromatic N) is 2. The Balaban J connectivity index is 1.90. The van der Waals surface area contributed by atoms with Crippen LogP contribution in [-0.4, -0.2) is 16.8 Å². The van der Waals surface area contributed by atoms with Crippen molar-refractivity contribution in [3.05, 3.63) is 45.9 Å². The fourth-order valence-corrected chi connectivity index (χ4v) is 2.32. The summed E-state index contributed by atoms with van der Waals surface area (Å²) in [4.78, 5) is 28.3. The van der Waals surface area contributed by atoms with Crippen molar-refractivity contribution in [2.45, 2.75) is 13.5 Å². The van der Waals surface area contributed by atoms with Crippen molar-refractivity contribution < 1.29 is 9.59 Å². The van der Waals surface area contributed by atoms with Gasteiger partial charge in [-0.15, -0.1) is 11.3 Å². The van der Waals surface area contributed by atoms with E-state index in [1.165, 1.54) is 17.4 Å². The zero-order chi connectivity index (χ0) is 15.2. The molecule has 21 heavy (non-hydrogen) atoms. The van der Waals surface area contributed by atoms with Crippen LogP contribution >= 0.6 is 11.3 Å². The molecule has 0 bridgehead atoms. The van der Waals surface area contributed by atoms with Gasteiger partial charge in [0.2, 0.25) is 0 Å². The molecule has 0 atom stereocenters. The van der Waals surface area contributed by atoms with Crippen LogP contribution in [0.15, 0.2) is 30.5 Å². The number of carbonyl (C=O) groups excluding carboxylic acids is 2. The fraction of sp³-hybridized carbons (Fsp3) is 0.143. The van der Waals surface area contributed by atoms with Crippen LogP contribution in [0.2, 0.25) is 0 Å². The van der Waals surface area contributed by atoms with Crippen molar-refractivity contribution in [2.75, 3.05) is 5.32 Å². The molecule has 2 aromatic rings. The maximum absolute atomic E-state index is 11.7. The van der Waals surface area contributed by atoms with Crippen LogP contribution in [-0.2, 0) is 16.1 Å². The highest BCUT2D eigenvalue weighted by atomic mass is 32.1. The third-order valence-electron chi connectivity index (χ3n) is 2.55. The number of aryl methyl sites for hydroxylation is 1. The molecule has 106 valence electrons. The number of nitriles is 1. The quantitative estimate of drug-likeness (QED) is 0.841. The molecule has 2 rings (SSSR count). The van der Waals surface area contributed by atoms with Crippen LogP contribution in [0.3, 0.4) is 0 Å². The Morgan fingerprint density at radius 1 is 1.38 bits per heavy atom. The van der Waals surface area contributed by atoms with E-state index in [9.17, 15) is 9.59 Å². The lowest BCUT2D eigenvalue weighted by atomic mass is 10.2. The number of thiazole rings is 1. The summed E-state index contributed by atoms with van der Waals surface area (Å²) >= 11 is 1.46. The van der Waals surface area contributed by atoms with E-state index >= 15 is 0 Å². The second-order valence-electron chi connectivity index (χ2n) is 4.18. The van der Waals surface area contributed by atoms with E-state index < -0.39 is 11.8 Å². The number of aromatic nitrogens is 1. The average Bonchev–Trinajstić information content (AvgIpc) is 2.90. The highest BCUT2D eigenvalue weighted by molar-refractivity contribution is 7.11. The summed E-state index contributed by atoms with van der Waals surface area (Å²) in [6.07, 6.45) is 1.66. The second-order valence-corrected chi connectivity index (χ2v) is 5.49. The lowest BCUT2D eigenvalue weighted by Crippen LogP contribution is -2.34. The molecule has 6 nitrogen and oxygen atoms in total. The molecule has 2 N–H and O–H groups in total. The first-order chi connectivity index (χ1) is 10.1. The van der Waals surface area contributed by atoms with Gasteiger partial charge in [0.25, 0.3) is 0 Å². The largest absolute Gasteiger partial charge is 0.343 e. The highest BCUT2D eigenvalue weighted by Crippen LogP contribution is 2.11. The van der Waals surface area contributed by atoms with Crippen LogP contribution in [0.1, 0.15) is 15.4 Å². The summed E-state index contributed by atoms with van der Waals surface area (Å²) < 4.78 is 0. The Labute approximate surface area is 125 Å². The molecule has 1 aromatic carbocycles. The van der Waals surface area contributed by atoms with Crippen LogP contribution in [0.25, 0.3) is 0 Å². The number of amides is 2. The summed E-state index contributed by atoms with van der Waals surface area (Å²) in [7, 11) is 0. The molecule has 1 heterocycles. The predicted molar refractivity (Wildman–Crippen MR) is 78.5 cm³/mol. The van der Waals surface area contributed by atoms with Crippen molar-refractivity contribution in [2.24, 2.45) is 0 Å². The number of benzene rings is 1. The minimum atomic E-state index is -0.772. The van der Waals surface area contributed by atoms with E-state index in [0.717, 1.165) is 9.88 Å². The normalized spacial score (nSPS) is 9.71. The van der Waals surface area contributed by atoms with Gasteiger partial charge >= 0.3 is 11.8 Å². The average molecular weight is 300 g/mol. The molecule has 1 aromatic heterocycles. The van der Waals surface area contributed by atoms with E-state index in [-0.39, 0.29) is 6.54 Å². The maximum Gasteiger partial charge on any atom is 0.313 e. The molecular formula is C14H12N4O2S. The molecule has 0 spiro atoms. The van der Waals surface area contributed by atoms with E-state index in [4.69, 9.17) is 5.26 Å². The van der Waals surface area contributed by atoms with Gasteiger partial charge in [0.05, 0.1) is 23.2 Å². The number of hydrogen-bond acceptors (Lipinski definition) is 5. The minimum absolute atomic E-state index is 0.260. The first kappa shape index (κ1) is 14.7. The van der Waals surface area contributed by atoms with Crippen LogP contribution in [0.5, 0.6) is 0 Å². The predicted octanol–water partition coefficient (Wildman–Crippen LogP) is 1.58. The molecule has 0 aliphatic rings. The molecule has 0 saturated heterocycles. The standard InChI is InChI=1S/C14H12N4O2S/c1-9-16-7-12(21-9)8-17-13(19)14(20)18-11-4-2-3-10(5-11)6-15/h2-5,7H,8H2,1H3,(H,17,19)(H,18,20). The summed E-state index contributed by atoms with van der Waals surface area (Å²) in [5.41, 5.74) is 0.816. The van der Waals surface area contributed by atoms with Gasteiger partial charge in [-0.3, -0.25) is 9.59 Å². The first-order valence-electron chi connectivity index (χ1n) is 6.09. The SMILES string of the molecule is Cc1ncc(CNC(=O)C(=O)Nc2cccc(C#N)c2)s1. The van der Waals surface area contributed by atoms with Gasteiger partial charge in [0, 0.05) is 16.8 Å². The van der Waals surface area contributed by atoms with Crippen molar-refractivity contribution in [3.63, 3.8) is 0 Å². The number of carbonyl (C=O) groups is 2. The van der Waals surface area contributed by atoms with Crippen molar-refractivity contribution in [3.8, 4) is 6.07 Å². The maximum atomic E-state index is 11.7. The van der Waals surface area contributed by atoms with Crippen LogP contribution in [0, 0.1) is 18.3 Å². The third kappa shape index (κ3) is 4.12.